The molecule has 2 rings (SSSR count). The first kappa shape index (κ1) is 20.4. The smallest absolute Gasteiger partial charge is 0.324 e. The predicted molar refractivity (Wildman–Crippen MR) is 96.9 cm³/mol. The maximum absolute atomic E-state index is 12.3. The molecule has 1 aromatic carbocycles. The van der Waals surface area contributed by atoms with Crippen LogP contribution in [0.15, 0.2) is 29.2 Å². The molecule has 26 heavy (non-hydrogen) atoms. The van der Waals surface area contributed by atoms with Gasteiger partial charge in [-0.2, -0.15) is 4.72 Å². The summed E-state index contributed by atoms with van der Waals surface area (Å²) in [4.78, 5) is 24.3. The third-order valence-electron chi connectivity index (χ3n) is 4.38. The molecule has 7 nitrogen and oxygen atoms in total. The van der Waals surface area contributed by atoms with Crippen molar-refractivity contribution in [1.82, 2.24) is 10.0 Å². The molecule has 0 heterocycles. The number of hydrogen-bond donors (Lipinski definition) is 2. The van der Waals surface area contributed by atoms with Crippen molar-refractivity contribution >= 4 is 21.9 Å². The van der Waals surface area contributed by atoms with E-state index < -0.39 is 28.1 Å². The molecule has 0 aromatic heterocycles. The number of ether oxygens (including phenoxy) is 1. The molecular formula is C18H26N2O5S. The zero-order chi connectivity index (χ0) is 19.3. The Labute approximate surface area is 154 Å². The van der Waals surface area contributed by atoms with Gasteiger partial charge in [0.25, 0.3) is 5.91 Å². The molecule has 0 bridgehead atoms. The highest BCUT2D eigenvalue weighted by molar-refractivity contribution is 7.89. The molecule has 0 saturated heterocycles. The van der Waals surface area contributed by atoms with E-state index in [1.807, 2.05) is 6.92 Å². The van der Waals surface area contributed by atoms with Crippen LogP contribution in [0.2, 0.25) is 0 Å². The van der Waals surface area contributed by atoms with E-state index in [1.165, 1.54) is 26.0 Å². The summed E-state index contributed by atoms with van der Waals surface area (Å²) in [5.41, 5.74) is 0.929. The van der Waals surface area contributed by atoms with E-state index in [2.05, 4.69) is 10.0 Å². The summed E-state index contributed by atoms with van der Waals surface area (Å²) in [7, 11) is -3.85. The molecule has 1 aromatic rings. The van der Waals surface area contributed by atoms with Gasteiger partial charge in [0, 0.05) is 6.04 Å². The van der Waals surface area contributed by atoms with E-state index in [1.54, 1.807) is 12.1 Å². The van der Waals surface area contributed by atoms with Crippen LogP contribution in [0.3, 0.4) is 0 Å². The first-order valence-electron chi connectivity index (χ1n) is 8.79. The lowest BCUT2D eigenvalue weighted by atomic mass is 10.2. The van der Waals surface area contributed by atoms with Crippen molar-refractivity contribution in [2.75, 3.05) is 0 Å². The van der Waals surface area contributed by atoms with Crippen molar-refractivity contribution in [2.45, 2.75) is 69.5 Å². The van der Waals surface area contributed by atoms with Crippen LogP contribution in [0, 0.1) is 6.92 Å². The number of esters is 1. The van der Waals surface area contributed by atoms with Crippen LogP contribution in [-0.4, -0.2) is 38.5 Å². The van der Waals surface area contributed by atoms with Crippen LogP contribution in [-0.2, 0) is 24.3 Å². The Hall–Kier alpha value is -1.93. The Kier molecular flexibility index (Phi) is 6.77. The molecule has 1 aliphatic carbocycles. The van der Waals surface area contributed by atoms with E-state index in [-0.39, 0.29) is 16.8 Å². The largest absolute Gasteiger partial charge is 0.451 e. The van der Waals surface area contributed by atoms with Gasteiger partial charge in [-0.05, 0) is 45.7 Å². The molecular weight excluding hydrogens is 356 g/mol. The topological polar surface area (TPSA) is 102 Å². The van der Waals surface area contributed by atoms with Crippen molar-refractivity contribution < 1.29 is 22.7 Å². The average Bonchev–Trinajstić information content (AvgIpc) is 3.07. The van der Waals surface area contributed by atoms with E-state index >= 15 is 0 Å². The standard InChI is InChI=1S/C18H26N2O5S/c1-12-8-10-16(11-9-12)26(23,24)20-13(2)18(22)25-14(3)17(21)19-15-6-4-5-7-15/h8-11,13-15,20H,4-7H2,1-3H3,(H,19,21)/t13-,14+/m1/s1. The monoisotopic (exact) mass is 382 g/mol. The minimum atomic E-state index is -3.85. The second kappa shape index (κ2) is 8.64. The maximum atomic E-state index is 12.3. The van der Waals surface area contributed by atoms with Gasteiger partial charge in [-0.1, -0.05) is 30.5 Å². The van der Waals surface area contributed by atoms with Gasteiger partial charge in [0.05, 0.1) is 4.90 Å². The number of aryl methyl sites for hydroxylation is 1. The van der Waals surface area contributed by atoms with Crippen LogP contribution in [0.4, 0.5) is 0 Å². The number of carbonyl (C=O) groups excluding carboxylic acids is 2. The predicted octanol–water partition coefficient (Wildman–Crippen LogP) is 1.65. The molecule has 2 N–H and O–H groups in total. The zero-order valence-corrected chi connectivity index (χ0v) is 16.1. The van der Waals surface area contributed by atoms with Crippen molar-refractivity contribution in [1.29, 1.82) is 0 Å². The lowest BCUT2D eigenvalue weighted by Gasteiger charge is -2.19. The second-order valence-electron chi connectivity index (χ2n) is 6.73. The fourth-order valence-corrected chi connectivity index (χ4v) is 3.98. The number of nitrogens with one attached hydrogen (secondary N) is 2. The number of rotatable bonds is 7. The van der Waals surface area contributed by atoms with Crippen molar-refractivity contribution in [3.63, 3.8) is 0 Å². The molecule has 1 fully saturated rings. The summed E-state index contributed by atoms with van der Waals surface area (Å²) in [6.45, 7) is 4.71. The Morgan fingerprint density at radius 2 is 1.69 bits per heavy atom. The summed E-state index contributed by atoms with van der Waals surface area (Å²) in [5, 5.41) is 2.85. The first-order chi connectivity index (χ1) is 12.2. The molecule has 1 aliphatic rings. The highest BCUT2D eigenvalue weighted by atomic mass is 32.2. The molecule has 8 heteroatoms. The van der Waals surface area contributed by atoms with Gasteiger partial charge in [-0.3, -0.25) is 9.59 Å². The molecule has 1 saturated carbocycles. The van der Waals surface area contributed by atoms with E-state index in [0.29, 0.717) is 0 Å². The molecule has 0 radical (unpaired) electrons. The normalized spacial score (nSPS) is 17.5. The molecule has 1 amide bonds. The summed E-state index contributed by atoms with van der Waals surface area (Å²) in [6, 6.07) is 5.30. The fourth-order valence-electron chi connectivity index (χ4n) is 2.78. The first-order valence-corrected chi connectivity index (χ1v) is 10.3. The van der Waals surface area contributed by atoms with Gasteiger partial charge in [0.1, 0.15) is 6.04 Å². The molecule has 0 unspecified atom stereocenters. The Morgan fingerprint density at radius 1 is 1.12 bits per heavy atom. The second-order valence-corrected chi connectivity index (χ2v) is 8.44. The zero-order valence-electron chi connectivity index (χ0n) is 15.3. The van der Waals surface area contributed by atoms with Crippen LogP contribution >= 0.6 is 0 Å². The number of benzene rings is 1. The lowest BCUT2D eigenvalue weighted by Crippen LogP contribution is -2.45. The Balaban J connectivity index is 1.89. The van der Waals surface area contributed by atoms with E-state index in [4.69, 9.17) is 4.74 Å². The maximum Gasteiger partial charge on any atom is 0.324 e. The Morgan fingerprint density at radius 3 is 2.27 bits per heavy atom. The van der Waals surface area contributed by atoms with E-state index in [9.17, 15) is 18.0 Å². The highest BCUT2D eigenvalue weighted by Crippen LogP contribution is 2.18. The van der Waals surface area contributed by atoms with Gasteiger partial charge < -0.3 is 10.1 Å². The summed E-state index contributed by atoms with van der Waals surface area (Å²) >= 11 is 0. The third-order valence-corrected chi connectivity index (χ3v) is 5.94. The lowest BCUT2D eigenvalue weighted by molar-refractivity contribution is -0.156. The SMILES string of the molecule is Cc1ccc(S(=O)(=O)N[C@H](C)C(=O)O[C@@H](C)C(=O)NC2CCCC2)cc1. The van der Waals surface area contributed by atoms with Gasteiger partial charge in [-0.25, -0.2) is 8.42 Å². The van der Waals surface area contributed by atoms with Gasteiger partial charge in [0.15, 0.2) is 6.10 Å². The van der Waals surface area contributed by atoms with Gasteiger partial charge >= 0.3 is 5.97 Å². The highest BCUT2D eigenvalue weighted by Gasteiger charge is 2.27. The molecule has 0 spiro atoms. The Bertz CT molecular complexity index is 739. The minimum Gasteiger partial charge on any atom is -0.451 e. The summed E-state index contributed by atoms with van der Waals surface area (Å²) in [5.74, 6) is -1.16. The number of sulfonamides is 1. The summed E-state index contributed by atoms with van der Waals surface area (Å²) < 4.78 is 32.0. The average molecular weight is 382 g/mol. The fraction of sp³-hybridized carbons (Fsp3) is 0.556. The summed E-state index contributed by atoms with van der Waals surface area (Å²) in [6.07, 6.45) is 3.04. The van der Waals surface area contributed by atoms with E-state index in [0.717, 1.165) is 31.2 Å². The van der Waals surface area contributed by atoms with Gasteiger partial charge in [-0.15, -0.1) is 0 Å². The minimum absolute atomic E-state index is 0.0646. The van der Waals surface area contributed by atoms with Gasteiger partial charge in [0.2, 0.25) is 10.0 Å². The molecule has 144 valence electrons. The van der Waals surface area contributed by atoms with Crippen LogP contribution in [0.5, 0.6) is 0 Å². The number of carbonyl (C=O) groups is 2. The van der Waals surface area contributed by atoms with Crippen molar-refractivity contribution in [3.05, 3.63) is 29.8 Å². The number of hydrogen-bond acceptors (Lipinski definition) is 5. The molecule has 2 atom stereocenters. The third kappa shape index (κ3) is 5.54. The number of amides is 1. The quantitative estimate of drug-likeness (QED) is 0.698. The van der Waals surface area contributed by atoms with Crippen LogP contribution < -0.4 is 10.0 Å². The van der Waals surface area contributed by atoms with Crippen molar-refractivity contribution in [2.24, 2.45) is 0 Å². The molecule has 0 aliphatic heterocycles. The van der Waals surface area contributed by atoms with Crippen LogP contribution in [0.1, 0.15) is 45.1 Å². The van der Waals surface area contributed by atoms with Crippen molar-refractivity contribution in [3.8, 4) is 0 Å². The van der Waals surface area contributed by atoms with Crippen LogP contribution in [0.25, 0.3) is 0 Å².